The summed E-state index contributed by atoms with van der Waals surface area (Å²) in [5, 5.41) is 36.4. The van der Waals surface area contributed by atoms with E-state index in [1.807, 2.05) is 42.5 Å². The predicted molar refractivity (Wildman–Crippen MR) is 273 cm³/mol. The molecule has 2 aliphatic carbocycles. The fourth-order valence-corrected chi connectivity index (χ4v) is 10.5. The van der Waals surface area contributed by atoms with Crippen LogP contribution in [0.2, 0.25) is 0 Å². The molecule has 0 saturated heterocycles. The summed E-state index contributed by atoms with van der Waals surface area (Å²) in [5.74, 6) is -2.90. The van der Waals surface area contributed by atoms with E-state index in [1.54, 1.807) is 54.6 Å². The molecule has 14 nitrogen and oxygen atoms in total. The third-order valence-corrected chi connectivity index (χ3v) is 14.0. The third-order valence-electron chi connectivity index (χ3n) is 14.0. The van der Waals surface area contributed by atoms with Crippen LogP contribution in [0.3, 0.4) is 0 Å². The number of oxime groups is 1. The molecule has 2 N–H and O–H groups in total. The van der Waals surface area contributed by atoms with E-state index in [-0.39, 0.29) is 76.7 Å². The van der Waals surface area contributed by atoms with Crippen LogP contribution in [0.1, 0.15) is 78.7 Å². The number of nitrogens with zero attached hydrogens (tertiary/aromatic N) is 3. The third kappa shape index (κ3) is 12.8. The number of ether oxygens (including phenoxy) is 5. The number of non-ortho nitro benzene ring substituents is 1. The van der Waals surface area contributed by atoms with E-state index in [9.17, 15) is 29.1 Å². The Balaban J connectivity index is 1.27. The van der Waals surface area contributed by atoms with Crippen molar-refractivity contribution in [2.75, 3.05) is 33.0 Å². The molecule has 0 aromatic heterocycles. The number of amides is 1. The summed E-state index contributed by atoms with van der Waals surface area (Å²) in [7, 11) is 0. The molecule has 5 aromatic rings. The average molecular weight is 1020 g/mol. The van der Waals surface area contributed by atoms with Crippen LogP contribution in [0.25, 0.3) is 0 Å². The lowest BCUT2D eigenvalue weighted by molar-refractivity contribution is -0.384. The molecule has 1 aliphatic heterocycles. The maximum absolute atomic E-state index is 15.0. The second-order valence-electron chi connectivity index (χ2n) is 18.8. The van der Waals surface area contributed by atoms with Crippen molar-refractivity contribution in [3.8, 4) is 11.5 Å². The Morgan fingerprint density at radius 1 is 0.851 bits per heavy atom. The minimum absolute atomic E-state index is 0.0000688. The maximum atomic E-state index is 15.0. The Labute approximate surface area is 430 Å². The summed E-state index contributed by atoms with van der Waals surface area (Å²) >= 11 is 0. The Kier molecular flexibility index (Phi) is 18.6. The molecule has 0 radical (unpaired) electrons. The minimum atomic E-state index is -1.67. The van der Waals surface area contributed by atoms with Gasteiger partial charge in [-0.1, -0.05) is 90.8 Å². The summed E-state index contributed by atoms with van der Waals surface area (Å²) < 4.78 is 62.2. The molecule has 0 spiro atoms. The Morgan fingerprint density at radius 2 is 1.57 bits per heavy atom. The van der Waals surface area contributed by atoms with Gasteiger partial charge in [0.1, 0.15) is 49.0 Å². The highest BCUT2D eigenvalue weighted by molar-refractivity contribution is 6.03. The van der Waals surface area contributed by atoms with Crippen molar-refractivity contribution in [1.29, 1.82) is 0 Å². The van der Waals surface area contributed by atoms with Crippen LogP contribution in [-0.4, -0.2) is 76.7 Å². The van der Waals surface area contributed by atoms with Gasteiger partial charge in [-0.3, -0.25) is 15.0 Å². The number of nitro groups is 1. The summed E-state index contributed by atoms with van der Waals surface area (Å²) in [5.41, 5.74) is 4.54. The molecular weight excluding hydrogens is 953 g/mol. The molecule has 5 aromatic carbocycles. The number of allylic oxidation sites excluding steroid dienone is 1. The van der Waals surface area contributed by atoms with Gasteiger partial charge in [0.15, 0.2) is 0 Å². The van der Waals surface area contributed by atoms with Gasteiger partial charge in [-0.2, -0.15) is 0 Å². The number of hydrogen-bond acceptors (Lipinski definition) is 12. The molecule has 8 rings (SSSR count). The lowest BCUT2D eigenvalue weighted by atomic mass is 9.55. The highest BCUT2D eigenvalue weighted by Gasteiger charge is 2.65. The first kappa shape index (κ1) is 53.3. The van der Waals surface area contributed by atoms with Crippen LogP contribution in [0.5, 0.6) is 11.5 Å². The molecular formula is C58H63F2N3O11. The Bertz CT molecular complexity index is 2720. The Morgan fingerprint density at radius 3 is 2.30 bits per heavy atom. The van der Waals surface area contributed by atoms with Gasteiger partial charge in [0.05, 0.1) is 36.4 Å². The monoisotopic (exact) mass is 1020 g/mol. The average Bonchev–Trinajstić information content (AvgIpc) is 3.41. The first-order chi connectivity index (χ1) is 36.1. The number of halogens is 2. The van der Waals surface area contributed by atoms with E-state index in [0.717, 1.165) is 16.7 Å². The highest BCUT2D eigenvalue weighted by Crippen LogP contribution is 2.62. The Hall–Kier alpha value is -6.98. The van der Waals surface area contributed by atoms with E-state index >= 15 is 4.79 Å². The van der Waals surface area contributed by atoms with E-state index in [2.05, 4.69) is 12.7 Å². The number of carbonyl (C=O) groups is 1. The zero-order valence-electron chi connectivity index (χ0n) is 41.3. The molecule has 1 heterocycles. The van der Waals surface area contributed by atoms with E-state index in [4.69, 9.17) is 33.7 Å². The number of unbranched alkanes of at least 4 members (excludes halogenated alkanes) is 2. The predicted octanol–water partition coefficient (Wildman–Crippen LogP) is 11.1. The van der Waals surface area contributed by atoms with Gasteiger partial charge in [0, 0.05) is 55.4 Å². The molecule has 0 bridgehead atoms. The van der Waals surface area contributed by atoms with Crippen molar-refractivity contribution >= 4 is 17.5 Å². The first-order valence-electron chi connectivity index (χ1n) is 25.2. The fraction of sp³-hybridized carbons (Fsp3) is 0.379. The van der Waals surface area contributed by atoms with Gasteiger partial charge in [0.25, 0.3) is 5.69 Å². The standard InChI is InChI=1S/C58H63F2N3O11/c1-2-30-72-58-54(62(36-40-18-22-45(59)23-19-40)57(66)70-32-31-69-37-41-12-4-3-5-13-41)35-52(61-73-38-42-20-24-46(25-21-42)63(67)68)49-33-43(14-8-10-28-64)48(16-9-11-29-65)55(56(49)58)50-34-47(26-27-53(50)74-58)71-39-44-15-6-7-17-51(44)60/h2-7,12-13,15,17-27,33-34,43,48,54-56,64-65H,1,8-11,14,16,28-32,35-39H2/t43-,48+,54-,55+,56+,58+/m0/s1. The fourth-order valence-electron chi connectivity index (χ4n) is 10.5. The number of aliphatic hydroxyl groups is 2. The molecule has 3 aliphatic rings. The second kappa shape index (κ2) is 25.8. The number of aliphatic hydroxyl groups excluding tert-OH is 2. The van der Waals surface area contributed by atoms with E-state index < -0.39 is 46.3 Å². The number of carbonyl (C=O) groups excluding carboxylic acids is 1. The van der Waals surface area contributed by atoms with Gasteiger partial charge in [-0.05, 0) is 108 Å². The molecule has 390 valence electrons. The first-order valence-corrected chi connectivity index (χ1v) is 25.2. The summed E-state index contributed by atoms with van der Waals surface area (Å²) in [6, 6.07) is 32.4. The van der Waals surface area contributed by atoms with Gasteiger partial charge in [-0.15, -0.1) is 6.58 Å². The number of hydrogen-bond donors (Lipinski definition) is 2. The topological polar surface area (TPSA) is 172 Å². The zero-order valence-corrected chi connectivity index (χ0v) is 41.3. The second-order valence-corrected chi connectivity index (χ2v) is 18.8. The lowest BCUT2D eigenvalue weighted by Crippen LogP contribution is -2.70. The quantitative estimate of drug-likeness (QED) is 0.0234. The lowest BCUT2D eigenvalue weighted by Gasteiger charge is -2.59. The number of nitro benzene ring substituents is 1. The minimum Gasteiger partial charge on any atom is -0.489 e. The summed E-state index contributed by atoms with van der Waals surface area (Å²) in [6.07, 6.45) is 7.02. The van der Waals surface area contributed by atoms with Crippen LogP contribution in [0.15, 0.2) is 151 Å². The molecule has 1 amide bonds. The van der Waals surface area contributed by atoms with Gasteiger partial charge in [-0.25, -0.2) is 13.6 Å². The van der Waals surface area contributed by atoms with Crippen molar-refractivity contribution in [2.24, 2.45) is 22.9 Å². The molecule has 1 saturated carbocycles. The SMILES string of the molecule is C=CCO[C@@]12Oc3ccc(OCc4ccccc4F)cc3[C@H]3[C@H](CCCCO)[C@@H](CCCCO)C=C(C(=NOCc4ccc([N+](=O)[O-])cc4)C[C@@H]1N(Cc1ccc(F)cc1)C(=O)OCCOCc1ccccc1)[C@H]32. The highest BCUT2D eigenvalue weighted by atomic mass is 19.1. The molecule has 0 unspecified atom stereocenters. The van der Waals surface area contributed by atoms with Crippen LogP contribution in [-0.2, 0) is 45.4 Å². The maximum Gasteiger partial charge on any atom is 0.410 e. The van der Waals surface area contributed by atoms with Crippen LogP contribution in [0.4, 0.5) is 19.3 Å². The van der Waals surface area contributed by atoms with Gasteiger partial charge >= 0.3 is 6.09 Å². The molecule has 1 fully saturated rings. The van der Waals surface area contributed by atoms with Crippen LogP contribution >= 0.6 is 0 Å². The van der Waals surface area contributed by atoms with Gasteiger partial charge < -0.3 is 38.7 Å². The van der Waals surface area contributed by atoms with Crippen molar-refractivity contribution in [3.05, 3.63) is 195 Å². The molecule has 16 heteroatoms. The van der Waals surface area contributed by atoms with Crippen molar-refractivity contribution in [3.63, 3.8) is 0 Å². The number of benzene rings is 5. The van der Waals surface area contributed by atoms with Crippen LogP contribution < -0.4 is 9.47 Å². The normalized spacial score (nSPS) is 21.1. The molecule has 74 heavy (non-hydrogen) atoms. The number of rotatable bonds is 26. The van der Waals surface area contributed by atoms with E-state index in [0.29, 0.717) is 79.0 Å². The summed E-state index contributed by atoms with van der Waals surface area (Å²) in [4.78, 5) is 33.7. The smallest absolute Gasteiger partial charge is 0.410 e. The van der Waals surface area contributed by atoms with Crippen molar-refractivity contribution in [1.82, 2.24) is 4.90 Å². The van der Waals surface area contributed by atoms with Gasteiger partial charge in [0.2, 0.25) is 5.79 Å². The number of fused-ring (bicyclic) bond motifs is 2. The van der Waals surface area contributed by atoms with E-state index in [1.165, 1.54) is 35.2 Å². The van der Waals surface area contributed by atoms with Crippen molar-refractivity contribution < 1.29 is 57.2 Å². The molecule has 6 atom stereocenters. The summed E-state index contributed by atoms with van der Waals surface area (Å²) in [6.45, 7) is 4.19. The van der Waals surface area contributed by atoms with Crippen molar-refractivity contribution in [2.45, 2.75) is 89.1 Å². The largest absolute Gasteiger partial charge is 0.489 e. The zero-order chi connectivity index (χ0) is 51.9. The van der Waals surface area contributed by atoms with Crippen LogP contribution in [0, 0.1) is 39.5 Å².